The van der Waals surface area contributed by atoms with Gasteiger partial charge in [0.1, 0.15) is 5.75 Å². The third-order valence-electron chi connectivity index (χ3n) is 1.99. The number of sulfonamides is 1. The van der Waals surface area contributed by atoms with E-state index in [1.54, 1.807) is 6.07 Å². The van der Waals surface area contributed by atoms with E-state index in [-0.39, 0.29) is 17.2 Å². The van der Waals surface area contributed by atoms with Crippen LogP contribution in [0.1, 0.15) is 19.8 Å². The van der Waals surface area contributed by atoms with Gasteiger partial charge < -0.3 is 5.11 Å². The molecule has 0 amide bonds. The smallest absolute Gasteiger partial charge is 0.232 e. The molecule has 0 aliphatic carbocycles. The van der Waals surface area contributed by atoms with Gasteiger partial charge in [-0.15, -0.1) is 0 Å². The summed E-state index contributed by atoms with van der Waals surface area (Å²) < 4.78 is 26.2. The number of phenolic OH excluding ortho intramolecular Hbond substituents is 1. The number of halogens is 1. The van der Waals surface area contributed by atoms with Crippen LogP contribution in [-0.2, 0) is 10.0 Å². The Bertz CT molecular complexity index is 459. The number of nitrogens with one attached hydrogen (secondary N) is 1. The standard InChI is InChI=1S/C10H14BrNO3S/c1-2-3-6-16(14,15)12-9-7-8(11)4-5-10(9)13/h4-5,7,12-13H,2-3,6H2,1H3. The monoisotopic (exact) mass is 307 g/mol. The minimum absolute atomic E-state index is 0.0649. The summed E-state index contributed by atoms with van der Waals surface area (Å²) >= 11 is 3.21. The van der Waals surface area contributed by atoms with Crippen LogP contribution < -0.4 is 4.72 Å². The van der Waals surface area contributed by atoms with Crippen LogP contribution in [0.3, 0.4) is 0 Å². The Kier molecular flexibility index (Phi) is 4.61. The van der Waals surface area contributed by atoms with Crippen molar-refractivity contribution in [2.24, 2.45) is 0 Å². The predicted octanol–water partition coefficient (Wildman–Crippen LogP) is 2.70. The number of aromatic hydroxyl groups is 1. The number of rotatable bonds is 5. The van der Waals surface area contributed by atoms with E-state index >= 15 is 0 Å². The number of phenols is 1. The van der Waals surface area contributed by atoms with Gasteiger partial charge in [0.2, 0.25) is 10.0 Å². The molecule has 0 saturated carbocycles. The zero-order valence-corrected chi connectivity index (χ0v) is 11.3. The molecule has 1 aromatic carbocycles. The van der Waals surface area contributed by atoms with Gasteiger partial charge in [-0.1, -0.05) is 29.3 Å². The summed E-state index contributed by atoms with van der Waals surface area (Å²) in [5.41, 5.74) is 0.200. The molecule has 0 heterocycles. The molecule has 2 N–H and O–H groups in total. The molecule has 0 fully saturated rings. The molecule has 0 saturated heterocycles. The van der Waals surface area contributed by atoms with Crippen LogP contribution in [0.4, 0.5) is 5.69 Å². The molecule has 0 aliphatic heterocycles. The lowest BCUT2D eigenvalue weighted by Crippen LogP contribution is -2.16. The molecule has 6 heteroatoms. The number of unbranched alkanes of at least 4 members (excludes halogenated alkanes) is 1. The van der Waals surface area contributed by atoms with Crippen LogP contribution in [0, 0.1) is 0 Å². The summed E-state index contributed by atoms with van der Waals surface area (Å²) in [4.78, 5) is 0. The largest absolute Gasteiger partial charge is 0.506 e. The second-order valence-corrected chi connectivity index (χ2v) is 6.19. The Morgan fingerprint density at radius 1 is 1.44 bits per heavy atom. The lowest BCUT2D eigenvalue weighted by atomic mass is 10.3. The number of hydrogen-bond acceptors (Lipinski definition) is 3. The highest BCUT2D eigenvalue weighted by molar-refractivity contribution is 9.10. The van der Waals surface area contributed by atoms with Gasteiger partial charge in [0.15, 0.2) is 0 Å². The second-order valence-electron chi connectivity index (χ2n) is 3.44. The lowest BCUT2D eigenvalue weighted by Gasteiger charge is -2.09. The minimum atomic E-state index is -3.37. The first-order valence-electron chi connectivity index (χ1n) is 4.93. The van der Waals surface area contributed by atoms with Crippen molar-refractivity contribution in [3.8, 4) is 5.75 Å². The highest BCUT2D eigenvalue weighted by Gasteiger charge is 2.12. The van der Waals surface area contributed by atoms with E-state index < -0.39 is 10.0 Å². The number of anilines is 1. The Hall–Kier alpha value is -0.750. The zero-order chi connectivity index (χ0) is 12.2. The predicted molar refractivity (Wildman–Crippen MR) is 68.1 cm³/mol. The fraction of sp³-hybridized carbons (Fsp3) is 0.400. The van der Waals surface area contributed by atoms with Gasteiger partial charge in [0.25, 0.3) is 0 Å². The van der Waals surface area contributed by atoms with Crippen molar-refractivity contribution in [1.29, 1.82) is 0 Å². The molecule has 1 aromatic rings. The maximum atomic E-state index is 11.6. The Morgan fingerprint density at radius 2 is 2.12 bits per heavy atom. The van der Waals surface area contributed by atoms with Gasteiger partial charge in [0, 0.05) is 4.47 Å². The third-order valence-corrected chi connectivity index (χ3v) is 3.84. The van der Waals surface area contributed by atoms with Crippen LogP contribution in [0.15, 0.2) is 22.7 Å². The van der Waals surface area contributed by atoms with Crippen LogP contribution in [0.5, 0.6) is 5.75 Å². The average molecular weight is 308 g/mol. The van der Waals surface area contributed by atoms with Crippen LogP contribution in [-0.4, -0.2) is 19.3 Å². The van der Waals surface area contributed by atoms with E-state index in [9.17, 15) is 13.5 Å². The first-order chi connectivity index (χ1) is 7.44. The molecule has 1 rings (SSSR count). The van der Waals surface area contributed by atoms with Gasteiger partial charge in [-0.25, -0.2) is 8.42 Å². The zero-order valence-electron chi connectivity index (χ0n) is 8.90. The van der Waals surface area contributed by atoms with Gasteiger partial charge >= 0.3 is 0 Å². The Morgan fingerprint density at radius 3 is 2.75 bits per heavy atom. The minimum Gasteiger partial charge on any atom is -0.506 e. The van der Waals surface area contributed by atoms with Crippen LogP contribution in [0.2, 0.25) is 0 Å². The molecule has 90 valence electrons. The molecule has 0 unspecified atom stereocenters. The topological polar surface area (TPSA) is 66.4 Å². The van der Waals surface area contributed by atoms with E-state index in [4.69, 9.17) is 0 Å². The van der Waals surface area contributed by atoms with E-state index in [1.807, 2.05) is 6.92 Å². The van der Waals surface area contributed by atoms with E-state index in [2.05, 4.69) is 20.7 Å². The summed E-state index contributed by atoms with van der Waals surface area (Å²) in [6.45, 7) is 1.92. The maximum absolute atomic E-state index is 11.6. The highest BCUT2D eigenvalue weighted by Crippen LogP contribution is 2.27. The van der Waals surface area contributed by atoms with Crippen molar-refractivity contribution in [2.75, 3.05) is 10.5 Å². The summed E-state index contributed by atoms with van der Waals surface area (Å²) in [5, 5.41) is 9.48. The van der Waals surface area contributed by atoms with E-state index in [0.717, 1.165) is 6.42 Å². The lowest BCUT2D eigenvalue weighted by molar-refractivity contribution is 0.477. The quantitative estimate of drug-likeness (QED) is 0.822. The third kappa shape index (κ3) is 4.02. The summed E-state index contributed by atoms with van der Waals surface area (Å²) in [5.74, 6) is -0.0154. The average Bonchev–Trinajstić information content (AvgIpc) is 2.20. The maximum Gasteiger partial charge on any atom is 0.232 e. The molecule has 0 aliphatic rings. The van der Waals surface area contributed by atoms with Crippen molar-refractivity contribution in [3.63, 3.8) is 0 Å². The molecule has 4 nitrogen and oxygen atoms in total. The molecule has 16 heavy (non-hydrogen) atoms. The summed E-state index contributed by atoms with van der Waals surface area (Å²) in [6.07, 6.45) is 1.41. The van der Waals surface area contributed by atoms with E-state index in [0.29, 0.717) is 10.9 Å². The van der Waals surface area contributed by atoms with Gasteiger partial charge in [0.05, 0.1) is 11.4 Å². The molecule has 0 aromatic heterocycles. The molecular formula is C10H14BrNO3S. The van der Waals surface area contributed by atoms with Gasteiger partial charge in [-0.2, -0.15) is 0 Å². The van der Waals surface area contributed by atoms with Crippen molar-refractivity contribution >= 4 is 31.6 Å². The Balaban J connectivity index is 2.83. The van der Waals surface area contributed by atoms with Crippen molar-refractivity contribution in [2.45, 2.75) is 19.8 Å². The van der Waals surface area contributed by atoms with E-state index in [1.165, 1.54) is 12.1 Å². The van der Waals surface area contributed by atoms with Crippen LogP contribution >= 0.6 is 15.9 Å². The fourth-order valence-corrected chi connectivity index (χ4v) is 2.77. The molecule has 0 atom stereocenters. The van der Waals surface area contributed by atoms with Gasteiger partial charge in [-0.3, -0.25) is 4.72 Å². The van der Waals surface area contributed by atoms with Crippen LogP contribution in [0.25, 0.3) is 0 Å². The van der Waals surface area contributed by atoms with Crippen molar-refractivity contribution < 1.29 is 13.5 Å². The molecule has 0 spiro atoms. The Labute approximate surface area is 104 Å². The molecular weight excluding hydrogens is 294 g/mol. The summed E-state index contributed by atoms with van der Waals surface area (Å²) in [6, 6.07) is 4.60. The van der Waals surface area contributed by atoms with Gasteiger partial charge in [-0.05, 0) is 24.6 Å². The molecule has 0 bridgehead atoms. The highest BCUT2D eigenvalue weighted by atomic mass is 79.9. The fourth-order valence-electron chi connectivity index (χ4n) is 1.14. The first kappa shape index (κ1) is 13.3. The van der Waals surface area contributed by atoms with Crippen molar-refractivity contribution in [1.82, 2.24) is 0 Å². The first-order valence-corrected chi connectivity index (χ1v) is 7.38. The SMILES string of the molecule is CCCCS(=O)(=O)Nc1cc(Br)ccc1O. The number of benzene rings is 1. The second kappa shape index (κ2) is 5.54. The number of hydrogen-bond donors (Lipinski definition) is 2. The summed E-state index contributed by atoms with van der Waals surface area (Å²) in [7, 11) is -3.37. The molecule has 0 radical (unpaired) electrons. The normalized spacial score (nSPS) is 11.4. The van der Waals surface area contributed by atoms with Crippen molar-refractivity contribution in [3.05, 3.63) is 22.7 Å².